The van der Waals surface area contributed by atoms with Crippen molar-refractivity contribution >= 4 is 5.97 Å². The third-order valence-electron chi connectivity index (χ3n) is 5.45. The molecule has 1 rings (SSSR count). The molecule has 0 atom stereocenters. The third kappa shape index (κ3) is 24.5. The van der Waals surface area contributed by atoms with E-state index in [2.05, 4.69) is 6.92 Å². The highest BCUT2D eigenvalue weighted by molar-refractivity contribution is 5.69. The van der Waals surface area contributed by atoms with Gasteiger partial charge in [-0.2, -0.15) is 0 Å². The SMILES string of the molecule is CCCCCCCCCC(=O)OCCOCCOCCOCCOCCOCCOCc1ccccc1. The molecule has 0 saturated heterocycles. The Morgan fingerprint density at radius 2 is 0.973 bits per heavy atom. The van der Waals surface area contributed by atoms with Gasteiger partial charge in [0.1, 0.15) is 6.61 Å². The van der Waals surface area contributed by atoms with Gasteiger partial charge in [0, 0.05) is 6.42 Å². The molecule has 0 aliphatic rings. The van der Waals surface area contributed by atoms with E-state index in [1.165, 1.54) is 32.1 Å². The summed E-state index contributed by atoms with van der Waals surface area (Å²) < 4.78 is 38.0. The largest absolute Gasteiger partial charge is 0.463 e. The monoisotopic (exact) mass is 526 g/mol. The molecular weight excluding hydrogens is 476 g/mol. The summed E-state index contributed by atoms with van der Waals surface area (Å²) in [4.78, 5) is 11.7. The molecule has 0 radical (unpaired) electrons. The van der Waals surface area contributed by atoms with Gasteiger partial charge < -0.3 is 33.2 Å². The van der Waals surface area contributed by atoms with E-state index in [-0.39, 0.29) is 5.97 Å². The number of unbranched alkanes of at least 4 members (excludes halogenated alkanes) is 6. The number of carbonyl (C=O) groups excluding carboxylic acids is 1. The number of hydrogen-bond acceptors (Lipinski definition) is 8. The Bertz CT molecular complexity index is 599. The molecule has 0 heterocycles. The van der Waals surface area contributed by atoms with Crippen LogP contribution in [0.25, 0.3) is 0 Å². The minimum atomic E-state index is -0.133. The highest BCUT2D eigenvalue weighted by atomic mass is 16.6. The molecule has 0 unspecified atom stereocenters. The van der Waals surface area contributed by atoms with Gasteiger partial charge in [0.05, 0.1) is 79.3 Å². The predicted molar refractivity (Wildman–Crippen MR) is 144 cm³/mol. The molecule has 8 nitrogen and oxygen atoms in total. The summed E-state index contributed by atoms with van der Waals surface area (Å²) in [5.74, 6) is -0.133. The van der Waals surface area contributed by atoms with E-state index in [1.807, 2.05) is 30.3 Å². The fourth-order valence-corrected chi connectivity index (χ4v) is 3.38. The van der Waals surface area contributed by atoms with Crippen LogP contribution in [0.1, 0.15) is 63.9 Å². The van der Waals surface area contributed by atoms with Crippen molar-refractivity contribution in [3.05, 3.63) is 35.9 Å². The minimum absolute atomic E-state index is 0.133. The van der Waals surface area contributed by atoms with E-state index in [0.717, 1.165) is 18.4 Å². The van der Waals surface area contributed by atoms with Crippen molar-refractivity contribution in [3.63, 3.8) is 0 Å². The molecule has 1 aromatic rings. The van der Waals surface area contributed by atoms with Crippen LogP contribution in [0.3, 0.4) is 0 Å². The van der Waals surface area contributed by atoms with Crippen LogP contribution < -0.4 is 0 Å². The summed E-state index contributed by atoms with van der Waals surface area (Å²) in [5.41, 5.74) is 1.16. The smallest absolute Gasteiger partial charge is 0.305 e. The number of esters is 1. The number of rotatable bonds is 28. The van der Waals surface area contributed by atoms with Gasteiger partial charge in [-0.05, 0) is 12.0 Å². The zero-order chi connectivity index (χ0) is 26.5. The van der Waals surface area contributed by atoms with Crippen molar-refractivity contribution in [2.75, 3.05) is 79.3 Å². The molecule has 8 heteroatoms. The fourth-order valence-electron chi connectivity index (χ4n) is 3.38. The second-order valence-corrected chi connectivity index (χ2v) is 8.69. The lowest BCUT2D eigenvalue weighted by Crippen LogP contribution is -2.15. The zero-order valence-electron chi connectivity index (χ0n) is 23.0. The van der Waals surface area contributed by atoms with E-state index >= 15 is 0 Å². The summed E-state index contributed by atoms with van der Waals surface area (Å²) >= 11 is 0. The average Bonchev–Trinajstić information content (AvgIpc) is 2.92. The maximum absolute atomic E-state index is 11.7. The fraction of sp³-hybridized carbons (Fsp3) is 0.759. The van der Waals surface area contributed by atoms with Crippen LogP contribution in [0.15, 0.2) is 30.3 Å². The molecule has 0 fully saturated rings. The van der Waals surface area contributed by atoms with E-state index in [4.69, 9.17) is 33.2 Å². The molecule has 0 N–H and O–H groups in total. The Morgan fingerprint density at radius 3 is 1.49 bits per heavy atom. The standard InChI is InChI=1S/C29H50O8/c1-2-3-4-5-6-7-11-14-29(30)37-26-25-35-22-21-33-18-17-31-15-16-32-19-20-34-23-24-36-27-28-12-9-8-10-13-28/h8-10,12-13H,2-7,11,14-27H2,1H3. The summed E-state index contributed by atoms with van der Waals surface area (Å²) in [5, 5.41) is 0. The Balaban J connectivity index is 1.68. The van der Waals surface area contributed by atoms with Crippen LogP contribution >= 0.6 is 0 Å². The van der Waals surface area contributed by atoms with Gasteiger partial charge in [-0.25, -0.2) is 0 Å². The highest BCUT2D eigenvalue weighted by Crippen LogP contribution is 2.08. The lowest BCUT2D eigenvalue weighted by Gasteiger charge is -2.08. The molecule has 0 saturated carbocycles. The third-order valence-corrected chi connectivity index (χ3v) is 5.45. The number of carbonyl (C=O) groups is 1. The molecule has 37 heavy (non-hydrogen) atoms. The van der Waals surface area contributed by atoms with Crippen LogP contribution in [0.5, 0.6) is 0 Å². The second-order valence-electron chi connectivity index (χ2n) is 8.69. The normalized spacial score (nSPS) is 11.2. The molecule has 0 aromatic heterocycles. The van der Waals surface area contributed by atoms with E-state index in [9.17, 15) is 4.79 Å². The van der Waals surface area contributed by atoms with Crippen LogP contribution in [0, 0.1) is 0 Å². The van der Waals surface area contributed by atoms with Crippen LogP contribution in [-0.2, 0) is 44.6 Å². The molecule has 0 spiro atoms. The van der Waals surface area contributed by atoms with Gasteiger partial charge in [-0.15, -0.1) is 0 Å². The Labute approximate surface area is 224 Å². The summed E-state index contributed by atoms with van der Waals surface area (Å²) in [7, 11) is 0. The molecule has 1 aromatic carbocycles. The van der Waals surface area contributed by atoms with Crippen molar-refractivity contribution in [2.45, 2.75) is 64.9 Å². The highest BCUT2D eigenvalue weighted by Gasteiger charge is 2.02. The average molecular weight is 527 g/mol. The van der Waals surface area contributed by atoms with Crippen molar-refractivity contribution in [1.82, 2.24) is 0 Å². The molecule has 0 amide bonds. The van der Waals surface area contributed by atoms with Crippen LogP contribution in [0.4, 0.5) is 0 Å². The zero-order valence-corrected chi connectivity index (χ0v) is 23.0. The first-order chi connectivity index (χ1) is 18.3. The Kier molecular flexibility index (Phi) is 24.9. The second kappa shape index (κ2) is 27.5. The molecule has 0 aliphatic carbocycles. The van der Waals surface area contributed by atoms with E-state index in [1.54, 1.807) is 0 Å². The number of hydrogen-bond donors (Lipinski definition) is 0. The van der Waals surface area contributed by atoms with Crippen molar-refractivity contribution in [1.29, 1.82) is 0 Å². The lowest BCUT2D eigenvalue weighted by molar-refractivity contribution is -0.145. The first-order valence-electron chi connectivity index (χ1n) is 14.0. The minimum Gasteiger partial charge on any atom is -0.463 e. The van der Waals surface area contributed by atoms with Crippen molar-refractivity contribution in [3.8, 4) is 0 Å². The maximum atomic E-state index is 11.7. The van der Waals surface area contributed by atoms with Gasteiger partial charge in [0.15, 0.2) is 0 Å². The lowest BCUT2D eigenvalue weighted by atomic mass is 10.1. The van der Waals surface area contributed by atoms with E-state index in [0.29, 0.717) is 92.3 Å². The van der Waals surface area contributed by atoms with Gasteiger partial charge in [-0.1, -0.05) is 75.8 Å². The van der Waals surface area contributed by atoms with Crippen molar-refractivity contribution in [2.24, 2.45) is 0 Å². The first-order valence-corrected chi connectivity index (χ1v) is 14.0. The Hall–Kier alpha value is -1.55. The molecule has 0 aliphatic heterocycles. The quantitative estimate of drug-likeness (QED) is 0.112. The first kappa shape index (κ1) is 33.5. The molecule has 0 bridgehead atoms. The topological polar surface area (TPSA) is 81.7 Å². The van der Waals surface area contributed by atoms with Crippen LogP contribution in [-0.4, -0.2) is 85.3 Å². The summed E-state index contributed by atoms with van der Waals surface area (Å²) in [6.07, 6.45) is 8.85. The molecular formula is C29H50O8. The van der Waals surface area contributed by atoms with Crippen LogP contribution in [0.2, 0.25) is 0 Å². The van der Waals surface area contributed by atoms with Gasteiger partial charge in [-0.3, -0.25) is 4.79 Å². The van der Waals surface area contributed by atoms with E-state index < -0.39 is 0 Å². The van der Waals surface area contributed by atoms with Crippen molar-refractivity contribution < 1.29 is 38.0 Å². The molecule has 214 valence electrons. The maximum Gasteiger partial charge on any atom is 0.305 e. The predicted octanol–water partition coefficient (Wildman–Crippen LogP) is 4.97. The Morgan fingerprint density at radius 1 is 0.541 bits per heavy atom. The number of benzene rings is 1. The van der Waals surface area contributed by atoms with Gasteiger partial charge in [0.25, 0.3) is 0 Å². The van der Waals surface area contributed by atoms with Gasteiger partial charge in [0.2, 0.25) is 0 Å². The summed E-state index contributed by atoms with van der Waals surface area (Å²) in [6.45, 7) is 8.70. The van der Waals surface area contributed by atoms with Gasteiger partial charge >= 0.3 is 5.97 Å². The number of ether oxygens (including phenoxy) is 7. The summed E-state index contributed by atoms with van der Waals surface area (Å²) in [6, 6.07) is 10.1.